The molecule has 2 atom stereocenters. The molecule has 0 aliphatic heterocycles. The van der Waals surface area contributed by atoms with E-state index in [1.807, 2.05) is 6.08 Å². The van der Waals surface area contributed by atoms with Crippen LogP contribution in [0.5, 0.6) is 0 Å². The van der Waals surface area contributed by atoms with Crippen molar-refractivity contribution in [2.24, 2.45) is 0 Å². The van der Waals surface area contributed by atoms with Gasteiger partial charge in [-0.25, -0.2) is 0 Å². The van der Waals surface area contributed by atoms with Crippen LogP contribution < -0.4 is 5.32 Å². The van der Waals surface area contributed by atoms with Gasteiger partial charge in [0.1, 0.15) is 0 Å². The van der Waals surface area contributed by atoms with Gasteiger partial charge in [0.25, 0.3) is 0 Å². The van der Waals surface area contributed by atoms with Crippen LogP contribution in [0.25, 0.3) is 0 Å². The van der Waals surface area contributed by atoms with Gasteiger partial charge in [-0.2, -0.15) is 0 Å². The van der Waals surface area contributed by atoms with Gasteiger partial charge < -0.3 is 15.5 Å². The summed E-state index contributed by atoms with van der Waals surface area (Å²) in [5.74, 6) is -0.0890. The Morgan fingerprint density at radius 1 is 0.453 bits per heavy atom. The van der Waals surface area contributed by atoms with Crippen LogP contribution in [0, 0.1) is 0 Å². The van der Waals surface area contributed by atoms with Gasteiger partial charge in [0.2, 0.25) is 5.91 Å². The van der Waals surface area contributed by atoms with Crippen molar-refractivity contribution in [2.75, 3.05) is 6.61 Å². The van der Waals surface area contributed by atoms with Crippen molar-refractivity contribution in [3.8, 4) is 0 Å². The average Bonchev–Trinajstić information content (AvgIpc) is 3.16. The van der Waals surface area contributed by atoms with E-state index in [9.17, 15) is 15.0 Å². The number of hydrogen-bond donors (Lipinski definition) is 3. The maximum atomic E-state index is 12.3. The lowest BCUT2D eigenvalue weighted by molar-refractivity contribution is -0.123. The molecular formula is C49H81NO3. The summed E-state index contributed by atoms with van der Waals surface area (Å²) >= 11 is 0. The third kappa shape index (κ3) is 40.1. The highest BCUT2D eigenvalue weighted by Gasteiger charge is 2.17. The number of aliphatic hydroxyl groups is 2. The molecule has 0 aromatic rings. The maximum Gasteiger partial charge on any atom is 0.220 e. The number of amides is 1. The van der Waals surface area contributed by atoms with Gasteiger partial charge in [-0.3, -0.25) is 4.79 Å². The van der Waals surface area contributed by atoms with E-state index >= 15 is 0 Å². The predicted molar refractivity (Wildman–Crippen MR) is 234 cm³/mol. The van der Waals surface area contributed by atoms with Gasteiger partial charge >= 0.3 is 0 Å². The van der Waals surface area contributed by atoms with Gasteiger partial charge in [-0.1, -0.05) is 187 Å². The zero-order valence-electron chi connectivity index (χ0n) is 34.2. The van der Waals surface area contributed by atoms with E-state index in [-0.39, 0.29) is 12.5 Å². The van der Waals surface area contributed by atoms with Crippen LogP contribution >= 0.6 is 0 Å². The fraction of sp³-hybridized carbons (Fsp3) is 0.612. The second-order valence-electron chi connectivity index (χ2n) is 14.0. The van der Waals surface area contributed by atoms with Crippen LogP contribution in [-0.4, -0.2) is 34.9 Å². The number of aliphatic hydroxyl groups excluding tert-OH is 2. The average molecular weight is 732 g/mol. The lowest BCUT2D eigenvalue weighted by atomic mass is 10.0. The van der Waals surface area contributed by atoms with Crippen molar-refractivity contribution < 1.29 is 15.0 Å². The summed E-state index contributed by atoms with van der Waals surface area (Å²) in [7, 11) is 0. The smallest absolute Gasteiger partial charge is 0.220 e. The molecule has 0 fully saturated rings. The van der Waals surface area contributed by atoms with Crippen molar-refractivity contribution >= 4 is 5.91 Å². The van der Waals surface area contributed by atoms with E-state index in [0.29, 0.717) is 6.42 Å². The Morgan fingerprint density at radius 2 is 0.792 bits per heavy atom. The van der Waals surface area contributed by atoms with Crippen LogP contribution in [0.15, 0.2) is 109 Å². The topological polar surface area (TPSA) is 69.6 Å². The first-order valence-corrected chi connectivity index (χ1v) is 21.6. The number of allylic oxidation sites excluding steroid dienone is 17. The van der Waals surface area contributed by atoms with Crippen LogP contribution in [0.3, 0.4) is 0 Å². The lowest BCUT2D eigenvalue weighted by Gasteiger charge is -2.19. The van der Waals surface area contributed by atoms with Crippen molar-refractivity contribution in [1.82, 2.24) is 5.32 Å². The third-order valence-corrected chi connectivity index (χ3v) is 8.98. The van der Waals surface area contributed by atoms with Crippen molar-refractivity contribution in [2.45, 2.75) is 187 Å². The number of carbonyl (C=O) groups is 1. The standard InChI is InChI=1S/C49H81NO3/c1-3-5-7-9-11-13-15-16-17-18-19-20-21-22-23-24-25-26-27-28-29-30-31-32-33-34-35-37-39-41-43-45-49(53)50-47(46-51)48(52)44-42-40-38-36-14-12-10-8-6-4-2/h5-8,11,13-14,16-17,19-20,22-23,25-26,36,42,44,47-48,51-52H,3-4,9-10,12,15,18,21,24,27-35,37-41,43,45-46H2,1-2H3,(H,50,53)/b7-5-,8-6+,13-11-,17-16-,20-19-,23-22-,26-25-,36-14+,44-42+. The first-order valence-electron chi connectivity index (χ1n) is 21.6. The van der Waals surface area contributed by atoms with Crippen LogP contribution in [0.2, 0.25) is 0 Å². The molecule has 0 rings (SSSR count). The largest absolute Gasteiger partial charge is 0.394 e. The van der Waals surface area contributed by atoms with E-state index in [0.717, 1.165) is 83.5 Å². The number of rotatable bonds is 37. The van der Waals surface area contributed by atoms with Gasteiger partial charge in [0.05, 0.1) is 18.8 Å². The molecule has 4 nitrogen and oxygen atoms in total. The summed E-state index contributed by atoms with van der Waals surface area (Å²) in [4.78, 5) is 12.3. The normalized spacial score (nSPS) is 14.1. The molecule has 0 aromatic heterocycles. The number of carbonyl (C=O) groups excluding carboxylic acids is 1. The van der Waals surface area contributed by atoms with Gasteiger partial charge in [-0.05, 0) is 89.9 Å². The Kier molecular flexibility index (Phi) is 41.0. The molecule has 0 spiro atoms. The van der Waals surface area contributed by atoms with E-state index in [1.165, 1.54) is 70.6 Å². The van der Waals surface area contributed by atoms with E-state index in [4.69, 9.17) is 0 Å². The van der Waals surface area contributed by atoms with E-state index in [2.05, 4.69) is 116 Å². The fourth-order valence-corrected chi connectivity index (χ4v) is 5.75. The molecule has 1 amide bonds. The van der Waals surface area contributed by atoms with Crippen molar-refractivity contribution in [3.63, 3.8) is 0 Å². The summed E-state index contributed by atoms with van der Waals surface area (Å²) < 4.78 is 0. The Morgan fingerprint density at radius 3 is 1.25 bits per heavy atom. The molecule has 0 aliphatic rings. The molecule has 300 valence electrons. The summed E-state index contributed by atoms with van der Waals surface area (Å²) in [5.41, 5.74) is 0. The minimum absolute atomic E-state index is 0.0890. The second-order valence-corrected chi connectivity index (χ2v) is 14.0. The summed E-state index contributed by atoms with van der Waals surface area (Å²) in [5, 5.41) is 22.8. The monoisotopic (exact) mass is 732 g/mol. The molecule has 0 aliphatic carbocycles. The van der Waals surface area contributed by atoms with Gasteiger partial charge in [0.15, 0.2) is 0 Å². The minimum atomic E-state index is -0.875. The van der Waals surface area contributed by atoms with E-state index < -0.39 is 12.1 Å². The molecule has 0 aromatic carbocycles. The van der Waals surface area contributed by atoms with Crippen molar-refractivity contribution in [1.29, 1.82) is 0 Å². The van der Waals surface area contributed by atoms with Crippen LogP contribution in [-0.2, 0) is 4.79 Å². The molecule has 0 radical (unpaired) electrons. The SMILES string of the molecule is CC/C=C\C/C=C\C/C=C\C/C=C\C/C=C\C/C=C\CCCCCCCCCCCCCCC(=O)NC(CO)C(O)/C=C/CC/C=C/CC/C=C/CC. The minimum Gasteiger partial charge on any atom is -0.394 e. The van der Waals surface area contributed by atoms with Crippen LogP contribution in [0.4, 0.5) is 0 Å². The molecule has 3 N–H and O–H groups in total. The fourth-order valence-electron chi connectivity index (χ4n) is 5.75. The number of hydrogen-bond acceptors (Lipinski definition) is 3. The number of unbranched alkanes of at least 4 members (excludes halogenated alkanes) is 14. The highest BCUT2D eigenvalue weighted by molar-refractivity contribution is 5.76. The molecule has 0 saturated heterocycles. The zero-order valence-corrected chi connectivity index (χ0v) is 34.2. The highest BCUT2D eigenvalue weighted by Crippen LogP contribution is 2.13. The molecule has 0 saturated carbocycles. The molecule has 0 heterocycles. The predicted octanol–water partition coefficient (Wildman–Crippen LogP) is 13.6. The van der Waals surface area contributed by atoms with Gasteiger partial charge in [0, 0.05) is 6.42 Å². The Labute approximate surface area is 327 Å². The molecular weight excluding hydrogens is 651 g/mol. The Bertz CT molecular complexity index is 1060. The quantitative estimate of drug-likeness (QED) is 0.0440. The Balaban J connectivity index is 3.59. The molecule has 53 heavy (non-hydrogen) atoms. The first-order chi connectivity index (χ1) is 26.2. The lowest BCUT2D eigenvalue weighted by Crippen LogP contribution is -2.45. The number of nitrogens with one attached hydrogen (secondary N) is 1. The summed E-state index contributed by atoms with van der Waals surface area (Å²) in [6.07, 6.45) is 66.4. The highest BCUT2D eigenvalue weighted by atomic mass is 16.3. The molecule has 4 heteroatoms. The molecule has 0 bridgehead atoms. The summed E-state index contributed by atoms with van der Waals surface area (Å²) in [6.45, 7) is 4.04. The third-order valence-electron chi connectivity index (χ3n) is 8.98. The summed E-state index contributed by atoms with van der Waals surface area (Å²) in [6, 6.07) is -0.651. The maximum absolute atomic E-state index is 12.3. The first kappa shape index (κ1) is 50.1. The van der Waals surface area contributed by atoms with Crippen LogP contribution in [0.1, 0.15) is 174 Å². The van der Waals surface area contributed by atoms with Crippen molar-refractivity contribution in [3.05, 3.63) is 109 Å². The second kappa shape index (κ2) is 43.5. The molecule has 2 unspecified atom stereocenters. The van der Waals surface area contributed by atoms with Gasteiger partial charge in [-0.15, -0.1) is 0 Å². The Hall–Kier alpha value is -2.95. The van der Waals surface area contributed by atoms with E-state index in [1.54, 1.807) is 6.08 Å². The zero-order chi connectivity index (χ0) is 38.6.